The average molecular weight is 332 g/mol. The van der Waals surface area contributed by atoms with E-state index in [1.54, 1.807) is 38.6 Å². The van der Waals surface area contributed by atoms with E-state index in [9.17, 15) is 5.11 Å². The fraction of sp³-hybridized carbons (Fsp3) is 0.412. The molecular formula is C17H24N4O3. The molecule has 1 atom stereocenters. The molecule has 0 spiro atoms. The first-order valence-electron chi connectivity index (χ1n) is 7.82. The van der Waals surface area contributed by atoms with E-state index >= 15 is 0 Å². The van der Waals surface area contributed by atoms with Crippen LogP contribution >= 0.6 is 0 Å². The molecule has 130 valence electrons. The summed E-state index contributed by atoms with van der Waals surface area (Å²) in [5.41, 5.74) is -0.142. The van der Waals surface area contributed by atoms with Crippen molar-refractivity contribution in [2.75, 3.05) is 20.2 Å². The van der Waals surface area contributed by atoms with Crippen LogP contribution in [-0.2, 0) is 12.1 Å². The van der Waals surface area contributed by atoms with Gasteiger partial charge in [0.1, 0.15) is 11.4 Å². The Labute approximate surface area is 141 Å². The summed E-state index contributed by atoms with van der Waals surface area (Å²) < 4.78 is 10.4. The van der Waals surface area contributed by atoms with Crippen LogP contribution in [0, 0.1) is 0 Å². The van der Waals surface area contributed by atoms with E-state index in [1.165, 1.54) is 0 Å². The molecule has 2 aromatic rings. The summed E-state index contributed by atoms with van der Waals surface area (Å²) in [5, 5.41) is 16.8. The molecule has 7 heteroatoms. The number of aliphatic hydroxyl groups is 1. The minimum Gasteiger partial charge on any atom is -0.481 e. The molecule has 0 aliphatic carbocycles. The highest BCUT2D eigenvalue weighted by Crippen LogP contribution is 2.19. The molecule has 0 radical (unpaired) electrons. The van der Waals surface area contributed by atoms with E-state index in [0.717, 1.165) is 5.56 Å². The number of ether oxygens (including phenoxy) is 1. The zero-order valence-electron chi connectivity index (χ0n) is 14.2. The zero-order chi connectivity index (χ0) is 17.4. The molecule has 0 fully saturated rings. The van der Waals surface area contributed by atoms with Crippen molar-refractivity contribution in [3.63, 3.8) is 0 Å². The minimum atomic E-state index is -1.13. The van der Waals surface area contributed by atoms with Crippen LogP contribution in [0.1, 0.15) is 25.2 Å². The number of nitrogens with zero attached hydrogens (tertiary/aromatic N) is 2. The molecule has 0 amide bonds. The number of aromatic nitrogens is 1. The average Bonchev–Trinajstić information content (AvgIpc) is 3.13. The topological polar surface area (TPSA) is 91.9 Å². The van der Waals surface area contributed by atoms with E-state index < -0.39 is 5.60 Å². The Morgan fingerprint density at radius 1 is 1.42 bits per heavy atom. The van der Waals surface area contributed by atoms with Crippen molar-refractivity contribution in [3.8, 4) is 5.88 Å². The standard InChI is InChI=1S/C17H24N4O3/c1-4-18-16(20-11-13-7-8-19-15(10-13)23-3)21-12-17(2,22)14-6-5-9-24-14/h5-10,22H,4,11-12H2,1-3H3,(H2,18,20,21). The number of rotatable bonds is 7. The summed E-state index contributed by atoms with van der Waals surface area (Å²) in [6, 6.07) is 7.22. The number of pyridine rings is 1. The van der Waals surface area contributed by atoms with Gasteiger partial charge in [0.25, 0.3) is 0 Å². The molecule has 0 saturated heterocycles. The predicted molar refractivity (Wildman–Crippen MR) is 91.9 cm³/mol. The van der Waals surface area contributed by atoms with Gasteiger partial charge < -0.3 is 24.9 Å². The third kappa shape index (κ3) is 4.99. The monoisotopic (exact) mass is 332 g/mol. The first kappa shape index (κ1) is 17.8. The highest BCUT2D eigenvalue weighted by Gasteiger charge is 2.26. The van der Waals surface area contributed by atoms with Gasteiger partial charge in [0.15, 0.2) is 5.96 Å². The molecule has 24 heavy (non-hydrogen) atoms. The fourth-order valence-corrected chi connectivity index (χ4v) is 2.10. The van der Waals surface area contributed by atoms with Crippen LogP contribution in [0.3, 0.4) is 0 Å². The molecule has 0 aliphatic heterocycles. The van der Waals surface area contributed by atoms with Crippen molar-refractivity contribution in [1.82, 2.24) is 15.6 Å². The van der Waals surface area contributed by atoms with Gasteiger partial charge >= 0.3 is 0 Å². The lowest BCUT2D eigenvalue weighted by Crippen LogP contribution is -2.44. The van der Waals surface area contributed by atoms with Gasteiger partial charge in [-0.3, -0.25) is 0 Å². The lowest BCUT2D eigenvalue weighted by atomic mass is 10.0. The molecule has 0 bridgehead atoms. The van der Waals surface area contributed by atoms with Gasteiger partial charge in [-0.25, -0.2) is 9.98 Å². The first-order valence-corrected chi connectivity index (χ1v) is 7.82. The Balaban J connectivity index is 2.00. The summed E-state index contributed by atoms with van der Waals surface area (Å²) >= 11 is 0. The number of furan rings is 1. The summed E-state index contributed by atoms with van der Waals surface area (Å²) in [5.74, 6) is 1.67. The van der Waals surface area contributed by atoms with Gasteiger partial charge in [-0.2, -0.15) is 0 Å². The van der Waals surface area contributed by atoms with Gasteiger partial charge in [-0.15, -0.1) is 0 Å². The molecule has 3 N–H and O–H groups in total. The smallest absolute Gasteiger partial charge is 0.213 e. The van der Waals surface area contributed by atoms with E-state index in [1.807, 2.05) is 19.1 Å². The molecule has 7 nitrogen and oxygen atoms in total. The second-order valence-corrected chi connectivity index (χ2v) is 5.51. The van der Waals surface area contributed by atoms with E-state index in [4.69, 9.17) is 9.15 Å². The van der Waals surface area contributed by atoms with Crippen LogP contribution in [0.4, 0.5) is 0 Å². The molecule has 0 aliphatic rings. The third-order valence-electron chi connectivity index (χ3n) is 3.42. The van der Waals surface area contributed by atoms with Crippen molar-refractivity contribution in [1.29, 1.82) is 0 Å². The summed E-state index contributed by atoms with van der Waals surface area (Å²) in [6.07, 6.45) is 3.23. The van der Waals surface area contributed by atoms with Crippen LogP contribution in [0.2, 0.25) is 0 Å². The molecule has 0 saturated carbocycles. The maximum atomic E-state index is 10.5. The maximum absolute atomic E-state index is 10.5. The number of aliphatic imine (C=N–C) groups is 1. The molecular weight excluding hydrogens is 308 g/mol. The summed E-state index contributed by atoms with van der Waals surface area (Å²) in [6.45, 7) is 5.13. The number of hydrogen-bond donors (Lipinski definition) is 3. The Kier molecular flexibility index (Phi) is 6.20. The van der Waals surface area contributed by atoms with Crippen LogP contribution in [0.25, 0.3) is 0 Å². The SMILES string of the molecule is CCNC(=NCc1ccnc(OC)c1)NCC(C)(O)c1ccco1. The van der Waals surface area contributed by atoms with Crippen molar-refractivity contribution in [2.45, 2.75) is 26.0 Å². The quantitative estimate of drug-likeness (QED) is 0.527. The van der Waals surface area contributed by atoms with Crippen molar-refractivity contribution in [3.05, 3.63) is 48.0 Å². The first-order chi connectivity index (χ1) is 11.5. The Hall–Kier alpha value is -2.54. The molecule has 1 unspecified atom stereocenters. The van der Waals surface area contributed by atoms with Crippen LogP contribution in [0.15, 0.2) is 46.1 Å². The number of hydrogen-bond acceptors (Lipinski definition) is 5. The maximum Gasteiger partial charge on any atom is 0.213 e. The predicted octanol–water partition coefficient (Wildman–Crippen LogP) is 1.65. The third-order valence-corrected chi connectivity index (χ3v) is 3.42. The van der Waals surface area contributed by atoms with Crippen LogP contribution < -0.4 is 15.4 Å². The second kappa shape index (κ2) is 8.35. The number of guanidine groups is 1. The highest BCUT2D eigenvalue weighted by molar-refractivity contribution is 5.79. The zero-order valence-corrected chi connectivity index (χ0v) is 14.2. The normalized spacial score (nSPS) is 14.1. The molecule has 2 rings (SSSR count). The van der Waals surface area contributed by atoms with Crippen LogP contribution in [-0.4, -0.2) is 36.2 Å². The second-order valence-electron chi connectivity index (χ2n) is 5.51. The van der Waals surface area contributed by atoms with Crippen molar-refractivity contribution >= 4 is 5.96 Å². The van der Waals surface area contributed by atoms with Crippen LogP contribution in [0.5, 0.6) is 5.88 Å². The fourth-order valence-electron chi connectivity index (χ4n) is 2.10. The minimum absolute atomic E-state index is 0.270. The lowest BCUT2D eigenvalue weighted by Gasteiger charge is -2.22. The van der Waals surface area contributed by atoms with E-state index in [0.29, 0.717) is 30.7 Å². The largest absolute Gasteiger partial charge is 0.481 e. The van der Waals surface area contributed by atoms with Gasteiger partial charge in [0.05, 0.1) is 26.5 Å². The summed E-state index contributed by atoms with van der Waals surface area (Å²) in [7, 11) is 1.58. The van der Waals surface area contributed by atoms with Gasteiger partial charge in [-0.05, 0) is 37.6 Å². The van der Waals surface area contributed by atoms with E-state index in [2.05, 4.69) is 20.6 Å². The Bertz CT molecular complexity index is 654. The van der Waals surface area contributed by atoms with Gasteiger partial charge in [0.2, 0.25) is 5.88 Å². The number of nitrogens with one attached hydrogen (secondary N) is 2. The van der Waals surface area contributed by atoms with Gasteiger partial charge in [0, 0.05) is 18.8 Å². The molecule has 2 heterocycles. The summed E-state index contributed by atoms with van der Waals surface area (Å²) in [4.78, 5) is 8.59. The molecule has 2 aromatic heterocycles. The number of methoxy groups -OCH3 is 1. The highest BCUT2D eigenvalue weighted by atomic mass is 16.5. The van der Waals surface area contributed by atoms with Crippen molar-refractivity contribution < 1.29 is 14.3 Å². The molecule has 0 aromatic carbocycles. The van der Waals surface area contributed by atoms with Crippen molar-refractivity contribution in [2.24, 2.45) is 4.99 Å². The Morgan fingerprint density at radius 3 is 2.92 bits per heavy atom. The lowest BCUT2D eigenvalue weighted by molar-refractivity contribution is 0.0386. The van der Waals surface area contributed by atoms with Gasteiger partial charge in [-0.1, -0.05) is 0 Å². The Morgan fingerprint density at radius 2 is 2.25 bits per heavy atom. The van der Waals surface area contributed by atoms with E-state index in [-0.39, 0.29) is 6.54 Å².